The van der Waals surface area contributed by atoms with Gasteiger partial charge in [0.2, 0.25) is 0 Å². The molecule has 0 atom stereocenters. The fourth-order valence-corrected chi connectivity index (χ4v) is 2.70. The van der Waals surface area contributed by atoms with Crippen molar-refractivity contribution in [2.24, 2.45) is 10.5 Å². The third kappa shape index (κ3) is 4.36. The van der Waals surface area contributed by atoms with E-state index in [2.05, 4.69) is 24.4 Å². The Hall–Kier alpha value is -3.22. The Morgan fingerprint density at radius 3 is 2.36 bits per heavy atom. The van der Waals surface area contributed by atoms with Crippen molar-refractivity contribution in [2.75, 3.05) is 27.4 Å². The van der Waals surface area contributed by atoms with Gasteiger partial charge in [-0.25, -0.2) is 5.43 Å². The number of fused-ring (bicyclic) bond motifs is 1. The topological polar surface area (TPSA) is 78.4 Å². The fourth-order valence-electron chi connectivity index (χ4n) is 2.70. The molecule has 7 nitrogen and oxygen atoms in total. The van der Waals surface area contributed by atoms with E-state index >= 15 is 0 Å². The van der Waals surface area contributed by atoms with Gasteiger partial charge in [-0.3, -0.25) is 4.79 Å². The first-order chi connectivity index (χ1) is 13.4. The minimum Gasteiger partial charge on any atom is -0.496 e. The van der Waals surface area contributed by atoms with E-state index < -0.39 is 0 Å². The maximum absolute atomic E-state index is 12.5. The van der Waals surface area contributed by atoms with Crippen LogP contribution in [-0.4, -0.2) is 39.6 Å². The lowest BCUT2D eigenvalue weighted by Gasteiger charge is -2.19. The number of carbonyl (C=O) groups excluding carboxylic acids is 1. The molecule has 1 amide bonds. The van der Waals surface area contributed by atoms with Crippen LogP contribution in [0.5, 0.6) is 23.0 Å². The number of nitrogens with zero attached hydrogens (tertiary/aromatic N) is 1. The Kier molecular flexibility index (Phi) is 5.73. The maximum atomic E-state index is 12.5. The molecule has 0 fully saturated rings. The highest BCUT2D eigenvalue weighted by Gasteiger charge is 2.25. The molecule has 0 radical (unpaired) electrons. The number of nitrogens with one attached hydrogen (secondary N) is 1. The molecule has 0 saturated heterocycles. The Morgan fingerprint density at radius 1 is 1.07 bits per heavy atom. The molecule has 0 unspecified atom stereocenters. The number of rotatable bonds is 5. The van der Waals surface area contributed by atoms with Crippen LogP contribution in [0.25, 0.3) is 0 Å². The van der Waals surface area contributed by atoms with Gasteiger partial charge < -0.3 is 18.9 Å². The molecule has 2 aromatic carbocycles. The second kappa shape index (κ2) is 8.21. The quantitative estimate of drug-likeness (QED) is 0.632. The summed E-state index contributed by atoms with van der Waals surface area (Å²) in [4.78, 5) is 12.5. The Balaban J connectivity index is 1.73. The Bertz CT molecular complexity index is 870. The minimum atomic E-state index is -0.361. The first-order valence-corrected chi connectivity index (χ1v) is 8.87. The molecule has 0 spiro atoms. The molecule has 0 saturated carbocycles. The summed E-state index contributed by atoms with van der Waals surface area (Å²) in [5.41, 5.74) is 3.47. The van der Waals surface area contributed by atoms with Gasteiger partial charge >= 0.3 is 0 Å². The smallest absolute Gasteiger partial charge is 0.271 e. The molecular weight excluding hydrogens is 360 g/mol. The second-order valence-corrected chi connectivity index (χ2v) is 7.18. The minimum absolute atomic E-state index is 0.0977. The van der Waals surface area contributed by atoms with Crippen LogP contribution in [0.15, 0.2) is 41.5 Å². The average molecular weight is 384 g/mol. The van der Waals surface area contributed by atoms with Crippen molar-refractivity contribution in [3.05, 3.63) is 47.5 Å². The lowest BCUT2D eigenvalue weighted by molar-refractivity contribution is 0.0954. The fraction of sp³-hybridized carbons (Fsp3) is 0.333. The lowest BCUT2D eigenvalue weighted by Crippen LogP contribution is -2.26. The van der Waals surface area contributed by atoms with Gasteiger partial charge in [0, 0.05) is 11.0 Å². The van der Waals surface area contributed by atoms with Crippen LogP contribution in [0.2, 0.25) is 0 Å². The zero-order valence-corrected chi connectivity index (χ0v) is 16.4. The molecular formula is C21H24N2O5. The normalized spacial score (nSPS) is 15.0. The molecule has 1 aliphatic rings. The van der Waals surface area contributed by atoms with Crippen LogP contribution >= 0.6 is 0 Å². The number of amides is 1. The summed E-state index contributed by atoms with van der Waals surface area (Å²) < 4.78 is 22.2. The summed E-state index contributed by atoms with van der Waals surface area (Å²) in [6.07, 6.45) is 1.49. The number of ether oxygens (including phenoxy) is 4. The molecule has 28 heavy (non-hydrogen) atoms. The largest absolute Gasteiger partial charge is 0.496 e. The summed E-state index contributed by atoms with van der Waals surface area (Å²) >= 11 is 0. The van der Waals surface area contributed by atoms with Gasteiger partial charge in [0.25, 0.3) is 5.91 Å². The van der Waals surface area contributed by atoms with Crippen LogP contribution in [0, 0.1) is 5.41 Å². The highest BCUT2D eigenvalue weighted by molar-refractivity contribution is 5.96. The zero-order valence-electron chi connectivity index (χ0n) is 16.4. The molecule has 0 aromatic heterocycles. The number of hydrazone groups is 1. The standard InChI is InChI=1S/C21H24N2O5/c1-21(2)12-27-18-9-8-14(10-19(18)28-13-21)20(24)23-22-11-15-16(25-3)6-5-7-17(15)26-4/h5-11H,12-13H2,1-4H3,(H,23,24)/b22-11+. The van der Waals surface area contributed by atoms with Gasteiger partial charge in [0.05, 0.1) is 39.2 Å². The third-order valence-corrected chi connectivity index (χ3v) is 4.27. The summed E-state index contributed by atoms with van der Waals surface area (Å²) in [5, 5.41) is 4.03. The summed E-state index contributed by atoms with van der Waals surface area (Å²) in [5.74, 6) is 2.00. The SMILES string of the molecule is COc1cccc(OC)c1/C=N/NC(=O)c1ccc2c(c1)OCC(C)(C)CO2. The molecule has 1 heterocycles. The number of methoxy groups -OCH3 is 2. The zero-order chi connectivity index (χ0) is 20.1. The van der Waals surface area contributed by atoms with Crippen molar-refractivity contribution < 1.29 is 23.7 Å². The molecule has 0 bridgehead atoms. The number of carbonyl (C=O) groups is 1. The van der Waals surface area contributed by atoms with Crippen LogP contribution in [-0.2, 0) is 0 Å². The molecule has 0 aliphatic carbocycles. The van der Waals surface area contributed by atoms with E-state index in [1.807, 2.05) is 6.07 Å². The van der Waals surface area contributed by atoms with E-state index in [-0.39, 0.29) is 11.3 Å². The van der Waals surface area contributed by atoms with Crippen molar-refractivity contribution >= 4 is 12.1 Å². The molecule has 148 valence electrons. The van der Waals surface area contributed by atoms with Crippen LogP contribution in [0.3, 0.4) is 0 Å². The molecule has 3 rings (SSSR count). The maximum Gasteiger partial charge on any atom is 0.271 e. The van der Waals surface area contributed by atoms with Gasteiger partial charge in [-0.05, 0) is 30.3 Å². The van der Waals surface area contributed by atoms with Gasteiger partial charge in [-0.1, -0.05) is 19.9 Å². The Labute approximate surface area is 164 Å². The van der Waals surface area contributed by atoms with Crippen molar-refractivity contribution in [2.45, 2.75) is 13.8 Å². The lowest BCUT2D eigenvalue weighted by atomic mass is 9.97. The van der Waals surface area contributed by atoms with Crippen LogP contribution in [0.1, 0.15) is 29.8 Å². The predicted molar refractivity (Wildman–Crippen MR) is 106 cm³/mol. The highest BCUT2D eigenvalue weighted by atomic mass is 16.5. The van der Waals surface area contributed by atoms with E-state index in [1.165, 1.54) is 6.21 Å². The molecule has 7 heteroatoms. The first-order valence-electron chi connectivity index (χ1n) is 8.87. The van der Waals surface area contributed by atoms with Crippen LogP contribution in [0.4, 0.5) is 0 Å². The van der Waals surface area contributed by atoms with Gasteiger partial charge in [-0.15, -0.1) is 0 Å². The van der Waals surface area contributed by atoms with Crippen molar-refractivity contribution in [3.8, 4) is 23.0 Å². The van der Waals surface area contributed by atoms with Gasteiger partial charge in [0.1, 0.15) is 11.5 Å². The number of hydrogen-bond acceptors (Lipinski definition) is 6. The van der Waals surface area contributed by atoms with Crippen molar-refractivity contribution in [3.63, 3.8) is 0 Å². The Morgan fingerprint density at radius 2 is 1.71 bits per heavy atom. The van der Waals surface area contributed by atoms with E-state index in [1.54, 1.807) is 44.6 Å². The highest BCUT2D eigenvalue weighted by Crippen LogP contribution is 2.34. The number of benzene rings is 2. The third-order valence-electron chi connectivity index (χ3n) is 4.27. The van der Waals surface area contributed by atoms with Crippen molar-refractivity contribution in [1.29, 1.82) is 0 Å². The first kappa shape index (κ1) is 19.5. The van der Waals surface area contributed by atoms with E-state index in [9.17, 15) is 4.79 Å². The molecule has 2 aromatic rings. The summed E-state index contributed by atoms with van der Waals surface area (Å²) in [6, 6.07) is 10.5. The molecule has 1 aliphatic heterocycles. The average Bonchev–Trinajstić information content (AvgIpc) is 2.85. The van der Waals surface area contributed by atoms with Crippen LogP contribution < -0.4 is 24.4 Å². The van der Waals surface area contributed by atoms with Gasteiger partial charge in [0.15, 0.2) is 11.5 Å². The molecule has 1 N–H and O–H groups in total. The van der Waals surface area contributed by atoms with E-state index in [0.717, 1.165) is 0 Å². The monoisotopic (exact) mass is 384 g/mol. The second-order valence-electron chi connectivity index (χ2n) is 7.18. The van der Waals surface area contributed by atoms with E-state index in [0.29, 0.717) is 47.3 Å². The summed E-state index contributed by atoms with van der Waals surface area (Å²) in [6.45, 7) is 5.19. The summed E-state index contributed by atoms with van der Waals surface area (Å²) in [7, 11) is 3.12. The van der Waals surface area contributed by atoms with Crippen molar-refractivity contribution in [1.82, 2.24) is 5.43 Å². The number of hydrogen-bond donors (Lipinski definition) is 1. The van der Waals surface area contributed by atoms with Gasteiger partial charge in [-0.2, -0.15) is 5.10 Å². The predicted octanol–water partition coefficient (Wildman–Crippen LogP) is 3.27. The van der Waals surface area contributed by atoms with E-state index in [4.69, 9.17) is 18.9 Å².